The number of halogens is 6. The first kappa shape index (κ1) is 21.8. The van der Waals surface area contributed by atoms with Crippen LogP contribution in [0.1, 0.15) is 36.4 Å². The predicted molar refractivity (Wildman–Crippen MR) is 95.5 cm³/mol. The highest BCUT2D eigenvalue weighted by atomic mass is 35.5. The Morgan fingerprint density at radius 1 is 1.12 bits per heavy atom. The summed E-state index contributed by atoms with van der Waals surface area (Å²) in [5, 5.41) is 3.74. The Balaban J connectivity index is 0.00000144. The Kier molecular flexibility index (Phi) is 8.14. The third kappa shape index (κ3) is 4.70. The van der Waals surface area contributed by atoms with Crippen molar-refractivity contribution in [2.75, 3.05) is 26.2 Å². The molecule has 0 aromatic heterocycles. The molecule has 1 aliphatic carbocycles. The summed E-state index contributed by atoms with van der Waals surface area (Å²) in [6.45, 7) is 3.46. The molecule has 1 aromatic rings. The van der Waals surface area contributed by atoms with Crippen molar-refractivity contribution in [1.82, 2.24) is 10.2 Å². The van der Waals surface area contributed by atoms with Gasteiger partial charge in [0.1, 0.15) is 0 Å². The molecular formula is C16H22Cl3F3N2. The molecule has 1 saturated carbocycles. The number of hydrogen-bond acceptors (Lipinski definition) is 2. The fraction of sp³-hybridized carbons (Fsp3) is 0.625. The van der Waals surface area contributed by atoms with Crippen molar-refractivity contribution in [3.05, 3.63) is 34.3 Å². The second-order valence-corrected chi connectivity index (χ2v) is 6.56. The molecule has 0 radical (unpaired) electrons. The molecule has 8 heteroatoms. The molecule has 1 saturated heterocycles. The number of nitrogens with one attached hydrogen (secondary N) is 1. The zero-order valence-electron chi connectivity index (χ0n) is 13.1. The SMILES string of the molecule is Cl.Cl.FC(F)(F)c1ccc(Cl)c([C@H](C2CCC2)N2CCNCC2)c1. The van der Waals surface area contributed by atoms with Gasteiger partial charge >= 0.3 is 6.18 Å². The summed E-state index contributed by atoms with van der Waals surface area (Å²) in [4.78, 5) is 2.29. The van der Waals surface area contributed by atoms with E-state index in [1.807, 2.05) is 0 Å². The van der Waals surface area contributed by atoms with Crippen molar-refractivity contribution < 1.29 is 13.2 Å². The lowest BCUT2D eigenvalue weighted by atomic mass is 9.76. The Bertz CT molecular complexity index is 530. The molecule has 1 heterocycles. The summed E-state index contributed by atoms with van der Waals surface area (Å²) in [6, 6.07) is 3.73. The molecule has 3 rings (SSSR count). The molecule has 1 aromatic carbocycles. The van der Waals surface area contributed by atoms with Gasteiger partial charge in [-0.05, 0) is 42.5 Å². The summed E-state index contributed by atoms with van der Waals surface area (Å²) in [6.07, 6.45) is -1.03. The molecule has 1 aliphatic heterocycles. The van der Waals surface area contributed by atoms with Crippen molar-refractivity contribution in [2.45, 2.75) is 31.5 Å². The molecule has 138 valence electrons. The molecule has 2 fully saturated rings. The molecule has 24 heavy (non-hydrogen) atoms. The minimum absolute atomic E-state index is 0. The van der Waals surface area contributed by atoms with E-state index in [0.29, 0.717) is 16.5 Å². The van der Waals surface area contributed by atoms with Crippen LogP contribution in [-0.4, -0.2) is 31.1 Å². The lowest BCUT2D eigenvalue weighted by Gasteiger charge is -2.43. The van der Waals surface area contributed by atoms with Gasteiger partial charge in [0.2, 0.25) is 0 Å². The van der Waals surface area contributed by atoms with Gasteiger partial charge in [-0.2, -0.15) is 13.2 Å². The first-order chi connectivity index (χ1) is 10.5. The van der Waals surface area contributed by atoms with Crippen molar-refractivity contribution in [2.24, 2.45) is 5.92 Å². The Morgan fingerprint density at radius 2 is 1.75 bits per heavy atom. The lowest BCUT2D eigenvalue weighted by molar-refractivity contribution is -0.137. The Morgan fingerprint density at radius 3 is 2.25 bits per heavy atom. The molecule has 0 unspecified atom stereocenters. The topological polar surface area (TPSA) is 15.3 Å². The maximum absolute atomic E-state index is 13.0. The van der Waals surface area contributed by atoms with E-state index in [-0.39, 0.29) is 30.9 Å². The van der Waals surface area contributed by atoms with E-state index < -0.39 is 11.7 Å². The monoisotopic (exact) mass is 404 g/mol. The average Bonchev–Trinajstić information content (AvgIpc) is 2.43. The summed E-state index contributed by atoms with van der Waals surface area (Å²) >= 11 is 6.28. The highest BCUT2D eigenvalue weighted by Crippen LogP contribution is 2.45. The zero-order valence-corrected chi connectivity index (χ0v) is 15.5. The number of rotatable bonds is 3. The minimum Gasteiger partial charge on any atom is -0.314 e. The first-order valence-corrected chi connectivity index (χ1v) is 8.16. The summed E-state index contributed by atoms with van der Waals surface area (Å²) in [5.74, 6) is 0.416. The van der Waals surface area contributed by atoms with E-state index in [4.69, 9.17) is 11.6 Å². The van der Waals surface area contributed by atoms with Crippen molar-refractivity contribution in [1.29, 1.82) is 0 Å². The molecule has 0 spiro atoms. The van der Waals surface area contributed by atoms with E-state index in [1.165, 1.54) is 12.1 Å². The quantitative estimate of drug-likeness (QED) is 0.765. The molecule has 2 nitrogen and oxygen atoms in total. The number of piperazine rings is 1. The standard InChI is InChI=1S/C16H20ClF3N2.2ClH/c17-14-5-4-12(16(18,19)20)10-13(14)15(11-2-1-3-11)22-8-6-21-7-9-22;;/h4-5,10-11,15,21H,1-3,6-9H2;2*1H/t15-;;/m0../s1. The van der Waals surface area contributed by atoms with Gasteiger partial charge in [0.15, 0.2) is 0 Å². The maximum atomic E-state index is 13.0. The third-order valence-electron chi connectivity index (χ3n) is 4.78. The summed E-state index contributed by atoms with van der Waals surface area (Å²) in [5.41, 5.74) is 0.0365. The van der Waals surface area contributed by atoms with Gasteiger partial charge in [-0.15, -0.1) is 24.8 Å². The normalized spacial score (nSPS) is 20.5. The van der Waals surface area contributed by atoms with Crippen LogP contribution in [0.2, 0.25) is 5.02 Å². The predicted octanol–water partition coefficient (Wildman–Crippen LogP) is 4.95. The number of benzene rings is 1. The van der Waals surface area contributed by atoms with Crippen LogP contribution in [0.15, 0.2) is 18.2 Å². The van der Waals surface area contributed by atoms with E-state index in [2.05, 4.69) is 10.2 Å². The van der Waals surface area contributed by atoms with E-state index in [1.54, 1.807) is 0 Å². The third-order valence-corrected chi connectivity index (χ3v) is 5.13. The fourth-order valence-corrected chi connectivity index (χ4v) is 3.64. The van der Waals surface area contributed by atoms with E-state index in [9.17, 15) is 13.2 Å². The molecule has 0 bridgehead atoms. The van der Waals surface area contributed by atoms with Crippen LogP contribution in [0.5, 0.6) is 0 Å². The molecule has 1 N–H and O–H groups in total. The second-order valence-electron chi connectivity index (χ2n) is 6.16. The van der Waals surface area contributed by atoms with Crippen molar-refractivity contribution in [3.8, 4) is 0 Å². The van der Waals surface area contributed by atoms with Gasteiger partial charge in [-0.25, -0.2) is 0 Å². The average molecular weight is 406 g/mol. The van der Waals surface area contributed by atoms with Gasteiger partial charge in [-0.3, -0.25) is 4.90 Å². The smallest absolute Gasteiger partial charge is 0.314 e. The van der Waals surface area contributed by atoms with Crippen molar-refractivity contribution >= 4 is 36.4 Å². The first-order valence-electron chi connectivity index (χ1n) is 7.78. The molecule has 1 atom stereocenters. The minimum atomic E-state index is -4.33. The van der Waals surface area contributed by atoms with Gasteiger partial charge in [0.25, 0.3) is 0 Å². The summed E-state index contributed by atoms with van der Waals surface area (Å²) < 4.78 is 39.1. The van der Waals surface area contributed by atoms with Crippen LogP contribution in [0.3, 0.4) is 0 Å². The van der Waals surface area contributed by atoms with Crippen molar-refractivity contribution in [3.63, 3.8) is 0 Å². The van der Waals surface area contributed by atoms with Gasteiger partial charge in [-0.1, -0.05) is 18.0 Å². The van der Waals surface area contributed by atoms with E-state index in [0.717, 1.165) is 51.5 Å². The van der Waals surface area contributed by atoms with Gasteiger partial charge in [0.05, 0.1) is 5.56 Å². The van der Waals surface area contributed by atoms with Crippen LogP contribution in [-0.2, 0) is 6.18 Å². The van der Waals surface area contributed by atoms with Crippen LogP contribution >= 0.6 is 36.4 Å². The zero-order chi connectivity index (χ0) is 15.7. The highest BCUT2D eigenvalue weighted by Gasteiger charge is 2.37. The molecule has 0 amide bonds. The van der Waals surface area contributed by atoms with Crippen LogP contribution in [0, 0.1) is 5.92 Å². The van der Waals surface area contributed by atoms with Crippen LogP contribution < -0.4 is 5.32 Å². The molecule has 2 aliphatic rings. The van der Waals surface area contributed by atoms with Crippen LogP contribution in [0.25, 0.3) is 0 Å². The number of nitrogens with zero attached hydrogens (tertiary/aromatic N) is 1. The van der Waals surface area contributed by atoms with Gasteiger partial charge < -0.3 is 5.32 Å². The maximum Gasteiger partial charge on any atom is 0.416 e. The Hall–Kier alpha value is -0.200. The number of hydrogen-bond donors (Lipinski definition) is 1. The van der Waals surface area contributed by atoms with E-state index >= 15 is 0 Å². The Labute approximate surface area is 157 Å². The molecular weight excluding hydrogens is 384 g/mol. The fourth-order valence-electron chi connectivity index (χ4n) is 3.41. The van der Waals surface area contributed by atoms with Crippen LogP contribution in [0.4, 0.5) is 13.2 Å². The largest absolute Gasteiger partial charge is 0.416 e. The van der Waals surface area contributed by atoms with Gasteiger partial charge in [0, 0.05) is 37.2 Å². The lowest BCUT2D eigenvalue weighted by Crippen LogP contribution is -2.48. The second kappa shape index (κ2) is 8.95. The summed E-state index contributed by atoms with van der Waals surface area (Å²) in [7, 11) is 0. The number of alkyl halides is 3. The highest BCUT2D eigenvalue weighted by molar-refractivity contribution is 6.31.